The molecule has 0 bridgehead atoms. The van der Waals surface area contributed by atoms with Crippen LogP contribution >= 0.6 is 27.5 Å². The highest BCUT2D eigenvalue weighted by Gasteiger charge is 2.19. The molecule has 1 aromatic rings. The number of rotatable bonds is 3. The molecule has 0 N–H and O–H groups in total. The molecule has 1 unspecified atom stereocenters. The van der Waals surface area contributed by atoms with E-state index in [1.54, 1.807) is 25.1 Å². The van der Waals surface area contributed by atoms with Crippen molar-refractivity contribution in [1.29, 1.82) is 0 Å². The molecule has 0 saturated carbocycles. The van der Waals surface area contributed by atoms with Crippen molar-refractivity contribution in [3.63, 3.8) is 0 Å². The van der Waals surface area contributed by atoms with Crippen LogP contribution in [0, 0.1) is 0 Å². The Morgan fingerprint density at radius 1 is 1.57 bits per heavy atom. The van der Waals surface area contributed by atoms with Crippen molar-refractivity contribution in [2.45, 2.75) is 12.3 Å². The summed E-state index contributed by atoms with van der Waals surface area (Å²) in [5.41, 5.74) is 0.498. The zero-order valence-corrected chi connectivity index (χ0v) is 10.2. The van der Waals surface area contributed by atoms with Gasteiger partial charge in [0.2, 0.25) is 0 Å². The first-order valence-corrected chi connectivity index (χ1v) is 5.31. The first kappa shape index (κ1) is 11.5. The Morgan fingerprint density at radius 3 is 2.71 bits per heavy atom. The number of hydrogen-bond acceptors (Lipinski definition) is 2. The SMILES string of the molecule is COc1cccc(Br)c1C(=O)C(C)Cl. The molecule has 0 fully saturated rings. The molecule has 0 heterocycles. The van der Waals surface area contributed by atoms with Gasteiger partial charge < -0.3 is 4.74 Å². The lowest BCUT2D eigenvalue weighted by molar-refractivity contribution is 0.0988. The van der Waals surface area contributed by atoms with Gasteiger partial charge in [0.05, 0.1) is 18.1 Å². The van der Waals surface area contributed by atoms with E-state index in [1.165, 1.54) is 7.11 Å². The number of carbonyl (C=O) groups is 1. The lowest BCUT2D eigenvalue weighted by Crippen LogP contribution is -2.12. The van der Waals surface area contributed by atoms with Gasteiger partial charge in [-0.15, -0.1) is 11.6 Å². The molecular weight excluding hydrogens is 267 g/mol. The van der Waals surface area contributed by atoms with Gasteiger partial charge in [0.15, 0.2) is 5.78 Å². The van der Waals surface area contributed by atoms with Gasteiger partial charge >= 0.3 is 0 Å². The van der Waals surface area contributed by atoms with E-state index in [0.717, 1.165) is 0 Å². The Balaban J connectivity index is 3.23. The maximum atomic E-state index is 11.7. The molecule has 1 aromatic carbocycles. The summed E-state index contributed by atoms with van der Waals surface area (Å²) in [6.07, 6.45) is 0. The van der Waals surface area contributed by atoms with Crippen LogP contribution in [0.1, 0.15) is 17.3 Å². The summed E-state index contributed by atoms with van der Waals surface area (Å²) in [6.45, 7) is 1.64. The third kappa shape index (κ3) is 2.28. The summed E-state index contributed by atoms with van der Waals surface area (Å²) < 4.78 is 5.79. The van der Waals surface area contributed by atoms with Gasteiger partial charge in [0, 0.05) is 4.47 Å². The van der Waals surface area contributed by atoms with Gasteiger partial charge in [-0.3, -0.25) is 4.79 Å². The van der Waals surface area contributed by atoms with Crippen LogP contribution in [0.4, 0.5) is 0 Å². The van der Waals surface area contributed by atoms with Crippen molar-refractivity contribution in [1.82, 2.24) is 0 Å². The smallest absolute Gasteiger partial charge is 0.185 e. The number of ketones is 1. The molecular formula is C10H10BrClO2. The molecule has 0 aliphatic heterocycles. The molecule has 1 atom stereocenters. The van der Waals surface area contributed by atoms with E-state index >= 15 is 0 Å². The third-order valence-corrected chi connectivity index (χ3v) is 2.66. The van der Waals surface area contributed by atoms with Crippen LogP contribution in [0.25, 0.3) is 0 Å². The van der Waals surface area contributed by atoms with Gasteiger partial charge in [-0.25, -0.2) is 0 Å². The van der Waals surface area contributed by atoms with Gasteiger partial charge in [-0.1, -0.05) is 6.07 Å². The molecule has 0 radical (unpaired) electrons. The topological polar surface area (TPSA) is 26.3 Å². The normalized spacial score (nSPS) is 12.3. The van der Waals surface area contributed by atoms with E-state index in [9.17, 15) is 4.79 Å². The summed E-state index contributed by atoms with van der Waals surface area (Å²) in [4.78, 5) is 11.7. The second-order valence-corrected chi connectivity index (χ2v) is 4.31. The van der Waals surface area contributed by atoms with Crippen molar-refractivity contribution in [3.8, 4) is 5.75 Å². The Morgan fingerprint density at radius 2 is 2.21 bits per heavy atom. The van der Waals surface area contributed by atoms with Gasteiger partial charge in [-0.2, -0.15) is 0 Å². The minimum Gasteiger partial charge on any atom is -0.496 e. The number of Topliss-reactive ketones (excluding diaryl/α,β-unsaturated/α-hetero) is 1. The number of methoxy groups -OCH3 is 1. The quantitative estimate of drug-likeness (QED) is 0.626. The standard InChI is InChI=1S/C10H10BrClO2/c1-6(12)10(13)9-7(11)4-3-5-8(9)14-2/h3-6H,1-2H3. The lowest BCUT2D eigenvalue weighted by atomic mass is 10.1. The van der Waals surface area contributed by atoms with E-state index in [4.69, 9.17) is 16.3 Å². The van der Waals surface area contributed by atoms with E-state index < -0.39 is 5.38 Å². The molecule has 4 heteroatoms. The first-order valence-electron chi connectivity index (χ1n) is 4.08. The molecule has 0 aromatic heterocycles. The monoisotopic (exact) mass is 276 g/mol. The Kier molecular flexibility index (Phi) is 3.96. The molecule has 14 heavy (non-hydrogen) atoms. The van der Waals surface area contributed by atoms with Gasteiger partial charge in [-0.05, 0) is 35.0 Å². The zero-order chi connectivity index (χ0) is 10.7. The third-order valence-electron chi connectivity index (χ3n) is 1.80. The molecule has 0 saturated heterocycles. The van der Waals surface area contributed by atoms with Gasteiger partial charge in [0.25, 0.3) is 0 Å². The number of benzene rings is 1. The number of hydrogen-bond donors (Lipinski definition) is 0. The van der Waals surface area contributed by atoms with Crippen LogP contribution in [0.15, 0.2) is 22.7 Å². The minimum atomic E-state index is -0.553. The maximum absolute atomic E-state index is 11.7. The zero-order valence-electron chi connectivity index (χ0n) is 7.88. The molecule has 0 amide bonds. The molecule has 0 aliphatic carbocycles. The largest absolute Gasteiger partial charge is 0.496 e. The first-order chi connectivity index (χ1) is 6.57. The van der Waals surface area contributed by atoms with Crippen LogP contribution in [-0.2, 0) is 0 Å². The van der Waals surface area contributed by atoms with E-state index in [2.05, 4.69) is 15.9 Å². The van der Waals surface area contributed by atoms with Crippen LogP contribution in [-0.4, -0.2) is 18.3 Å². The maximum Gasteiger partial charge on any atom is 0.185 e. The number of halogens is 2. The second kappa shape index (κ2) is 4.80. The van der Waals surface area contributed by atoms with Crippen molar-refractivity contribution in [3.05, 3.63) is 28.2 Å². The van der Waals surface area contributed by atoms with Crippen LogP contribution in [0.5, 0.6) is 5.75 Å². The number of ether oxygens (including phenoxy) is 1. The Bertz CT molecular complexity index is 350. The molecule has 76 valence electrons. The second-order valence-electron chi connectivity index (χ2n) is 2.80. The van der Waals surface area contributed by atoms with E-state index in [0.29, 0.717) is 15.8 Å². The highest BCUT2D eigenvalue weighted by molar-refractivity contribution is 9.10. The average molecular weight is 278 g/mol. The van der Waals surface area contributed by atoms with Crippen molar-refractivity contribution in [2.24, 2.45) is 0 Å². The van der Waals surface area contributed by atoms with Crippen molar-refractivity contribution in [2.75, 3.05) is 7.11 Å². The van der Waals surface area contributed by atoms with Crippen LogP contribution in [0.3, 0.4) is 0 Å². The fraction of sp³-hybridized carbons (Fsp3) is 0.300. The summed E-state index contributed by atoms with van der Waals surface area (Å²) in [7, 11) is 1.53. The predicted molar refractivity (Wildman–Crippen MR) is 60.3 cm³/mol. The Hall–Kier alpha value is -0.540. The van der Waals surface area contributed by atoms with Crippen LogP contribution in [0.2, 0.25) is 0 Å². The highest BCUT2D eigenvalue weighted by atomic mass is 79.9. The number of alkyl halides is 1. The van der Waals surface area contributed by atoms with Crippen molar-refractivity contribution < 1.29 is 9.53 Å². The molecule has 2 nitrogen and oxygen atoms in total. The minimum absolute atomic E-state index is 0.143. The summed E-state index contributed by atoms with van der Waals surface area (Å²) in [5.74, 6) is 0.396. The lowest BCUT2D eigenvalue weighted by Gasteiger charge is -2.10. The fourth-order valence-electron chi connectivity index (χ4n) is 1.11. The fourth-order valence-corrected chi connectivity index (χ4v) is 1.76. The van der Waals surface area contributed by atoms with Gasteiger partial charge in [0.1, 0.15) is 5.75 Å². The summed E-state index contributed by atoms with van der Waals surface area (Å²) in [5, 5.41) is -0.553. The van der Waals surface area contributed by atoms with E-state index in [1.807, 2.05) is 0 Å². The summed E-state index contributed by atoms with van der Waals surface area (Å²) in [6, 6.07) is 5.32. The molecule has 1 rings (SSSR count). The average Bonchev–Trinajstić information content (AvgIpc) is 2.16. The highest BCUT2D eigenvalue weighted by Crippen LogP contribution is 2.28. The Labute approximate surface area is 96.3 Å². The summed E-state index contributed by atoms with van der Waals surface area (Å²) >= 11 is 9.04. The predicted octanol–water partition coefficient (Wildman–Crippen LogP) is 3.27. The van der Waals surface area contributed by atoms with Crippen LogP contribution < -0.4 is 4.74 Å². The van der Waals surface area contributed by atoms with Crippen molar-refractivity contribution >= 4 is 33.3 Å². The number of carbonyl (C=O) groups excluding carboxylic acids is 1. The molecule has 0 aliphatic rings. The molecule has 0 spiro atoms. The van der Waals surface area contributed by atoms with E-state index in [-0.39, 0.29) is 5.78 Å².